The van der Waals surface area contributed by atoms with E-state index in [1.165, 1.54) is 22.2 Å². The SMILES string of the molecule is COc1ccc(CCNC(=O)Cn2cnc3scc(-c4ccc(Br)cc4)c3c2=O)cc1OC. The van der Waals surface area contributed by atoms with Gasteiger partial charge in [0.2, 0.25) is 5.91 Å². The molecule has 170 valence electrons. The van der Waals surface area contributed by atoms with Crippen molar-refractivity contribution in [1.82, 2.24) is 14.9 Å². The number of nitrogens with one attached hydrogen (secondary N) is 1. The molecule has 1 amide bonds. The monoisotopic (exact) mass is 527 g/mol. The Kier molecular flexibility index (Phi) is 7.10. The van der Waals surface area contributed by atoms with Crippen molar-refractivity contribution in [3.63, 3.8) is 0 Å². The van der Waals surface area contributed by atoms with Crippen LogP contribution < -0.4 is 20.3 Å². The van der Waals surface area contributed by atoms with Crippen molar-refractivity contribution in [1.29, 1.82) is 0 Å². The Bertz CT molecular complexity index is 1350. The molecule has 9 heteroatoms. The highest BCUT2D eigenvalue weighted by Crippen LogP contribution is 2.31. The molecule has 0 saturated carbocycles. The molecule has 0 aliphatic carbocycles. The molecule has 0 fully saturated rings. The third kappa shape index (κ3) is 5.09. The number of thiophene rings is 1. The molecular weight excluding hydrogens is 506 g/mol. The number of halogens is 1. The summed E-state index contributed by atoms with van der Waals surface area (Å²) in [6.07, 6.45) is 2.05. The first-order valence-electron chi connectivity index (χ1n) is 10.2. The smallest absolute Gasteiger partial charge is 0.263 e. The fourth-order valence-electron chi connectivity index (χ4n) is 3.52. The summed E-state index contributed by atoms with van der Waals surface area (Å²) in [5.74, 6) is 1.05. The maximum absolute atomic E-state index is 13.1. The van der Waals surface area contributed by atoms with Gasteiger partial charge in [0.05, 0.1) is 25.9 Å². The van der Waals surface area contributed by atoms with Crippen molar-refractivity contribution in [3.05, 3.63) is 74.6 Å². The minimum Gasteiger partial charge on any atom is -0.493 e. The van der Waals surface area contributed by atoms with Gasteiger partial charge in [-0.3, -0.25) is 14.2 Å². The summed E-state index contributed by atoms with van der Waals surface area (Å²) in [5, 5.41) is 5.32. The minimum absolute atomic E-state index is 0.0939. The van der Waals surface area contributed by atoms with Gasteiger partial charge in [0.15, 0.2) is 11.5 Å². The molecule has 33 heavy (non-hydrogen) atoms. The quantitative estimate of drug-likeness (QED) is 0.370. The first-order valence-corrected chi connectivity index (χ1v) is 11.9. The van der Waals surface area contributed by atoms with E-state index in [2.05, 4.69) is 26.2 Å². The van der Waals surface area contributed by atoms with Crippen molar-refractivity contribution in [3.8, 4) is 22.6 Å². The summed E-state index contributed by atoms with van der Waals surface area (Å²) in [7, 11) is 3.17. The van der Waals surface area contributed by atoms with Crippen LogP contribution in [0.4, 0.5) is 0 Å². The highest BCUT2D eigenvalue weighted by Gasteiger charge is 2.15. The predicted molar refractivity (Wildman–Crippen MR) is 133 cm³/mol. The number of amides is 1. The first-order chi connectivity index (χ1) is 16.0. The number of rotatable bonds is 8. The second kappa shape index (κ2) is 10.2. The average Bonchev–Trinajstić information content (AvgIpc) is 3.26. The van der Waals surface area contributed by atoms with Crippen LogP contribution in [0.3, 0.4) is 0 Å². The third-order valence-electron chi connectivity index (χ3n) is 5.21. The standard InChI is InChI=1S/C24H22BrN3O4S/c1-31-19-8-3-15(11-20(19)32-2)9-10-26-21(29)12-28-14-27-23-22(24(28)30)18(13-33-23)16-4-6-17(25)7-5-16/h3-8,11,13-14H,9-10,12H2,1-2H3,(H,26,29). The second-order valence-electron chi connectivity index (χ2n) is 7.30. The zero-order valence-electron chi connectivity index (χ0n) is 18.1. The number of aromatic nitrogens is 2. The highest BCUT2D eigenvalue weighted by atomic mass is 79.9. The number of fused-ring (bicyclic) bond motifs is 1. The molecule has 0 aliphatic rings. The van der Waals surface area contributed by atoms with E-state index in [0.717, 1.165) is 21.2 Å². The number of ether oxygens (including phenoxy) is 2. The molecule has 0 spiro atoms. The van der Waals surface area contributed by atoms with E-state index in [0.29, 0.717) is 34.7 Å². The maximum Gasteiger partial charge on any atom is 0.263 e. The summed E-state index contributed by atoms with van der Waals surface area (Å²) < 4.78 is 12.9. The van der Waals surface area contributed by atoms with Gasteiger partial charge in [-0.15, -0.1) is 11.3 Å². The van der Waals surface area contributed by atoms with Crippen molar-refractivity contribution in [2.24, 2.45) is 0 Å². The number of hydrogen-bond donors (Lipinski definition) is 1. The number of hydrogen-bond acceptors (Lipinski definition) is 6. The number of carbonyl (C=O) groups excluding carboxylic acids is 1. The number of benzene rings is 2. The Hall–Kier alpha value is -3.17. The van der Waals surface area contributed by atoms with Gasteiger partial charge in [-0.2, -0.15) is 0 Å². The summed E-state index contributed by atoms with van der Waals surface area (Å²) in [4.78, 5) is 30.7. The lowest BCUT2D eigenvalue weighted by molar-refractivity contribution is -0.121. The Morgan fingerprint density at radius 2 is 1.88 bits per heavy atom. The summed E-state index contributed by atoms with van der Waals surface area (Å²) in [6, 6.07) is 13.4. The molecule has 0 radical (unpaired) electrons. The second-order valence-corrected chi connectivity index (χ2v) is 9.08. The molecule has 0 unspecified atom stereocenters. The van der Waals surface area contributed by atoms with Gasteiger partial charge in [-0.1, -0.05) is 34.1 Å². The van der Waals surface area contributed by atoms with E-state index < -0.39 is 0 Å². The maximum atomic E-state index is 13.1. The van der Waals surface area contributed by atoms with Gasteiger partial charge in [-0.25, -0.2) is 4.98 Å². The van der Waals surface area contributed by atoms with E-state index in [9.17, 15) is 9.59 Å². The third-order valence-corrected chi connectivity index (χ3v) is 6.63. The highest BCUT2D eigenvalue weighted by molar-refractivity contribution is 9.10. The van der Waals surface area contributed by atoms with Crippen molar-refractivity contribution in [2.75, 3.05) is 20.8 Å². The van der Waals surface area contributed by atoms with Crippen LogP contribution in [0.5, 0.6) is 11.5 Å². The summed E-state index contributed by atoms with van der Waals surface area (Å²) >= 11 is 4.84. The van der Waals surface area contributed by atoms with E-state index in [1.54, 1.807) is 14.2 Å². The number of nitrogens with zero attached hydrogens (tertiary/aromatic N) is 2. The molecule has 0 atom stereocenters. The Morgan fingerprint density at radius 3 is 2.61 bits per heavy atom. The van der Waals surface area contributed by atoms with Crippen LogP contribution in [0.2, 0.25) is 0 Å². The van der Waals surface area contributed by atoms with Gasteiger partial charge in [0.25, 0.3) is 5.56 Å². The normalized spacial score (nSPS) is 10.9. The van der Waals surface area contributed by atoms with E-state index in [1.807, 2.05) is 47.8 Å². The predicted octanol–water partition coefficient (Wildman–Crippen LogP) is 4.26. The van der Waals surface area contributed by atoms with Crippen LogP contribution in [-0.4, -0.2) is 36.2 Å². The molecule has 0 bridgehead atoms. The van der Waals surface area contributed by atoms with Gasteiger partial charge < -0.3 is 14.8 Å². The minimum atomic E-state index is -0.251. The molecular formula is C24H22BrN3O4S. The van der Waals surface area contributed by atoms with Crippen molar-refractivity contribution < 1.29 is 14.3 Å². The van der Waals surface area contributed by atoms with Crippen LogP contribution in [-0.2, 0) is 17.8 Å². The lowest BCUT2D eigenvalue weighted by Crippen LogP contribution is -2.33. The zero-order valence-corrected chi connectivity index (χ0v) is 20.5. The molecule has 0 saturated heterocycles. The zero-order chi connectivity index (χ0) is 23.4. The first kappa shape index (κ1) is 23.0. The molecule has 4 aromatic rings. The van der Waals surface area contributed by atoms with Gasteiger partial charge in [0, 0.05) is 22.0 Å². The molecule has 2 heterocycles. The number of methoxy groups -OCH3 is 2. The van der Waals surface area contributed by atoms with Crippen LogP contribution in [0.1, 0.15) is 5.56 Å². The van der Waals surface area contributed by atoms with Crippen LogP contribution in [0, 0.1) is 0 Å². The van der Waals surface area contributed by atoms with Crippen LogP contribution in [0.15, 0.2) is 63.4 Å². The molecule has 0 aliphatic heterocycles. The Balaban J connectivity index is 1.45. The fraction of sp³-hybridized carbons (Fsp3) is 0.208. The fourth-order valence-corrected chi connectivity index (χ4v) is 4.69. The molecule has 1 N–H and O–H groups in total. The number of carbonyl (C=O) groups is 1. The average molecular weight is 528 g/mol. The molecule has 2 aromatic carbocycles. The van der Waals surface area contributed by atoms with Gasteiger partial charge in [-0.05, 0) is 41.8 Å². The Labute approximate surface area is 203 Å². The van der Waals surface area contributed by atoms with Gasteiger partial charge >= 0.3 is 0 Å². The van der Waals surface area contributed by atoms with E-state index >= 15 is 0 Å². The van der Waals surface area contributed by atoms with E-state index in [4.69, 9.17) is 9.47 Å². The lowest BCUT2D eigenvalue weighted by Gasteiger charge is -2.10. The van der Waals surface area contributed by atoms with E-state index in [-0.39, 0.29) is 18.0 Å². The molecule has 4 rings (SSSR count). The van der Waals surface area contributed by atoms with Crippen LogP contribution >= 0.6 is 27.3 Å². The molecule has 2 aromatic heterocycles. The largest absolute Gasteiger partial charge is 0.493 e. The van der Waals surface area contributed by atoms with Crippen molar-refractivity contribution in [2.45, 2.75) is 13.0 Å². The van der Waals surface area contributed by atoms with Crippen LogP contribution in [0.25, 0.3) is 21.3 Å². The summed E-state index contributed by atoms with van der Waals surface area (Å²) in [6.45, 7) is 0.338. The topological polar surface area (TPSA) is 82.5 Å². The lowest BCUT2D eigenvalue weighted by atomic mass is 10.1. The van der Waals surface area contributed by atoms with Crippen molar-refractivity contribution >= 4 is 43.4 Å². The Morgan fingerprint density at radius 1 is 1.12 bits per heavy atom. The van der Waals surface area contributed by atoms with Gasteiger partial charge in [0.1, 0.15) is 11.4 Å². The summed E-state index contributed by atoms with van der Waals surface area (Å²) in [5.41, 5.74) is 2.53. The molecule has 7 nitrogen and oxygen atoms in total.